The van der Waals surface area contributed by atoms with E-state index in [0.717, 1.165) is 44.8 Å². The second-order valence-corrected chi connectivity index (χ2v) is 8.90. The van der Waals surface area contributed by atoms with Gasteiger partial charge in [0.15, 0.2) is 0 Å². The van der Waals surface area contributed by atoms with Gasteiger partial charge in [-0.15, -0.1) is 0 Å². The summed E-state index contributed by atoms with van der Waals surface area (Å²) < 4.78 is 11.9. The van der Waals surface area contributed by atoms with Crippen LogP contribution in [0.25, 0.3) is 0 Å². The highest BCUT2D eigenvalue weighted by Gasteiger charge is 2.27. The Kier molecular flexibility index (Phi) is 6.30. The SMILES string of the molecule is O=C1c2ccc(O[C@H]3CCNC3)cc2OCCN1CC(O)CN1CCc2ccccc2C1. The van der Waals surface area contributed by atoms with Crippen molar-refractivity contribution >= 4 is 5.91 Å². The van der Waals surface area contributed by atoms with Crippen LogP contribution in [0.3, 0.4) is 0 Å². The fourth-order valence-electron chi connectivity index (χ4n) is 4.83. The third kappa shape index (κ3) is 4.75. The van der Waals surface area contributed by atoms with Crippen LogP contribution in [0.15, 0.2) is 42.5 Å². The quantitative estimate of drug-likeness (QED) is 0.717. The zero-order chi connectivity index (χ0) is 21.9. The van der Waals surface area contributed by atoms with Crippen molar-refractivity contribution in [3.8, 4) is 11.5 Å². The first kappa shape index (κ1) is 21.2. The number of hydrogen-bond donors (Lipinski definition) is 2. The van der Waals surface area contributed by atoms with Gasteiger partial charge in [-0.3, -0.25) is 9.69 Å². The van der Waals surface area contributed by atoms with E-state index in [1.807, 2.05) is 12.1 Å². The summed E-state index contributed by atoms with van der Waals surface area (Å²) >= 11 is 0. The van der Waals surface area contributed by atoms with Crippen molar-refractivity contribution in [2.45, 2.75) is 31.6 Å². The number of aliphatic hydroxyl groups is 1. The average Bonchev–Trinajstić information content (AvgIpc) is 3.26. The lowest BCUT2D eigenvalue weighted by atomic mass is 10.00. The number of aliphatic hydroxyl groups excluding tert-OH is 1. The minimum Gasteiger partial charge on any atom is -0.491 e. The lowest BCUT2D eigenvalue weighted by Gasteiger charge is -2.32. The lowest BCUT2D eigenvalue weighted by molar-refractivity contribution is 0.0501. The fourth-order valence-corrected chi connectivity index (χ4v) is 4.83. The molecule has 3 heterocycles. The van der Waals surface area contributed by atoms with Crippen LogP contribution >= 0.6 is 0 Å². The Morgan fingerprint density at radius 2 is 2.03 bits per heavy atom. The molecule has 0 saturated carbocycles. The van der Waals surface area contributed by atoms with Crippen LogP contribution in [0.2, 0.25) is 0 Å². The van der Waals surface area contributed by atoms with Gasteiger partial charge < -0.3 is 24.8 Å². The molecule has 1 unspecified atom stereocenters. The van der Waals surface area contributed by atoms with Crippen molar-refractivity contribution in [3.05, 3.63) is 59.2 Å². The number of carbonyl (C=O) groups is 1. The van der Waals surface area contributed by atoms with Crippen molar-refractivity contribution in [2.75, 3.05) is 45.9 Å². The van der Waals surface area contributed by atoms with Gasteiger partial charge in [0.2, 0.25) is 0 Å². The van der Waals surface area contributed by atoms with Crippen molar-refractivity contribution in [1.82, 2.24) is 15.1 Å². The molecule has 2 N–H and O–H groups in total. The Morgan fingerprint density at radius 1 is 1.16 bits per heavy atom. The number of nitrogens with zero attached hydrogens (tertiary/aromatic N) is 2. The van der Waals surface area contributed by atoms with Crippen LogP contribution in [0.5, 0.6) is 11.5 Å². The predicted molar refractivity (Wildman–Crippen MR) is 121 cm³/mol. The minimum atomic E-state index is -0.608. The first-order valence-electron chi connectivity index (χ1n) is 11.6. The molecule has 7 nitrogen and oxygen atoms in total. The van der Waals surface area contributed by atoms with Crippen molar-refractivity contribution < 1.29 is 19.4 Å². The van der Waals surface area contributed by atoms with Gasteiger partial charge in [-0.25, -0.2) is 0 Å². The first-order valence-corrected chi connectivity index (χ1v) is 11.6. The van der Waals surface area contributed by atoms with Gasteiger partial charge in [0, 0.05) is 38.8 Å². The summed E-state index contributed by atoms with van der Waals surface area (Å²) in [5.74, 6) is 1.18. The molecule has 0 radical (unpaired) electrons. The number of nitrogens with one attached hydrogen (secondary N) is 1. The molecule has 2 aromatic carbocycles. The molecule has 1 saturated heterocycles. The maximum absolute atomic E-state index is 13.2. The van der Waals surface area contributed by atoms with Gasteiger partial charge in [0.1, 0.15) is 24.2 Å². The van der Waals surface area contributed by atoms with Crippen LogP contribution < -0.4 is 14.8 Å². The molecule has 1 fully saturated rings. The van der Waals surface area contributed by atoms with Gasteiger partial charge in [-0.05, 0) is 42.6 Å². The number of amides is 1. The van der Waals surface area contributed by atoms with E-state index in [4.69, 9.17) is 9.47 Å². The van der Waals surface area contributed by atoms with E-state index in [0.29, 0.717) is 37.6 Å². The maximum Gasteiger partial charge on any atom is 0.257 e. The van der Waals surface area contributed by atoms with Gasteiger partial charge in [-0.2, -0.15) is 0 Å². The van der Waals surface area contributed by atoms with Crippen molar-refractivity contribution in [3.63, 3.8) is 0 Å². The molecule has 1 amide bonds. The average molecular weight is 438 g/mol. The number of hydrogen-bond acceptors (Lipinski definition) is 6. The van der Waals surface area contributed by atoms with E-state index in [9.17, 15) is 9.90 Å². The molecule has 32 heavy (non-hydrogen) atoms. The summed E-state index contributed by atoms with van der Waals surface area (Å²) in [5, 5.41) is 14.0. The molecule has 3 aliphatic heterocycles. The third-order valence-corrected chi connectivity index (χ3v) is 6.52. The summed E-state index contributed by atoms with van der Waals surface area (Å²) in [6.07, 6.45) is 1.52. The normalized spacial score (nSPS) is 22.0. The van der Waals surface area contributed by atoms with E-state index in [-0.39, 0.29) is 12.0 Å². The summed E-state index contributed by atoms with van der Waals surface area (Å²) in [6, 6.07) is 13.9. The Bertz CT molecular complexity index is 960. The van der Waals surface area contributed by atoms with E-state index in [2.05, 4.69) is 34.5 Å². The smallest absolute Gasteiger partial charge is 0.257 e. The van der Waals surface area contributed by atoms with Crippen LogP contribution in [0, 0.1) is 0 Å². The number of fused-ring (bicyclic) bond motifs is 2. The highest BCUT2D eigenvalue weighted by molar-refractivity contribution is 5.97. The molecule has 7 heteroatoms. The molecule has 3 aliphatic rings. The maximum atomic E-state index is 13.2. The number of ether oxygens (including phenoxy) is 2. The second kappa shape index (κ2) is 9.48. The zero-order valence-electron chi connectivity index (χ0n) is 18.3. The van der Waals surface area contributed by atoms with Gasteiger partial charge in [0.25, 0.3) is 5.91 Å². The number of benzene rings is 2. The van der Waals surface area contributed by atoms with Crippen LogP contribution in [0.1, 0.15) is 27.9 Å². The molecular formula is C25H31N3O4. The summed E-state index contributed by atoms with van der Waals surface area (Å²) in [5.41, 5.74) is 3.24. The van der Waals surface area contributed by atoms with E-state index in [1.54, 1.807) is 11.0 Å². The largest absolute Gasteiger partial charge is 0.491 e. The van der Waals surface area contributed by atoms with Gasteiger partial charge >= 0.3 is 0 Å². The monoisotopic (exact) mass is 437 g/mol. The van der Waals surface area contributed by atoms with Gasteiger partial charge in [0.05, 0.1) is 18.2 Å². The van der Waals surface area contributed by atoms with Crippen molar-refractivity contribution in [2.24, 2.45) is 0 Å². The lowest BCUT2D eigenvalue weighted by Crippen LogP contribution is -2.44. The Balaban J connectivity index is 1.20. The number of rotatable bonds is 6. The summed E-state index contributed by atoms with van der Waals surface area (Å²) in [4.78, 5) is 17.1. The second-order valence-electron chi connectivity index (χ2n) is 8.90. The molecule has 0 aromatic heterocycles. The molecule has 2 atom stereocenters. The molecule has 0 bridgehead atoms. The van der Waals surface area contributed by atoms with Crippen LogP contribution in [-0.2, 0) is 13.0 Å². The third-order valence-electron chi connectivity index (χ3n) is 6.52. The van der Waals surface area contributed by atoms with Crippen LogP contribution in [0.4, 0.5) is 0 Å². The van der Waals surface area contributed by atoms with Gasteiger partial charge in [-0.1, -0.05) is 24.3 Å². The zero-order valence-corrected chi connectivity index (χ0v) is 18.3. The molecule has 0 aliphatic carbocycles. The molecular weight excluding hydrogens is 406 g/mol. The Morgan fingerprint density at radius 3 is 2.88 bits per heavy atom. The molecule has 2 aromatic rings. The molecule has 170 valence electrons. The predicted octanol–water partition coefficient (Wildman–Crippen LogP) is 1.68. The number of β-amino-alcohol motifs (C(OH)–C–C–N with tert-alkyl or cyclic N) is 1. The fraction of sp³-hybridized carbons (Fsp3) is 0.480. The number of carbonyl (C=O) groups excluding carboxylic acids is 1. The molecule has 5 rings (SSSR count). The minimum absolute atomic E-state index is 0.102. The Hall–Kier alpha value is -2.61. The highest BCUT2D eigenvalue weighted by atomic mass is 16.5. The Labute approximate surface area is 188 Å². The highest BCUT2D eigenvalue weighted by Crippen LogP contribution is 2.29. The van der Waals surface area contributed by atoms with Crippen LogP contribution in [-0.4, -0.2) is 78.9 Å². The molecule has 0 spiro atoms. The standard InChI is InChI=1S/C25H31N3O4/c29-20(16-27-10-8-18-3-1-2-4-19(18)15-27)17-28-11-12-31-24-13-21(5-6-23(24)25(28)30)32-22-7-9-26-14-22/h1-6,13,20,22,26,29H,7-12,14-17H2/t20?,22-/m0/s1. The first-order chi connectivity index (χ1) is 15.7. The van der Waals surface area contributed by atoms with E-state index in [1.165, 1.54) is 11.1 Å². The van der Waals surface area contributed by atoms with E-state index < -0.39 is 6.10 Å². The summed E-state index contributed by atoms with van der Waals surface area (Å²) in [6.45, 7) is 5.27. The van der Waals surface area contributed by atoms with Crippen molar-refractivity contribution in [1.29, 1.82) is 0 Å². The topological polar surface area (TPSA) is 74.3 Å². The summed E-state index contributed by atoms with van der Waals surface area (Å²) in [7, 11) is 0. The van der Waals surface area contributed by atoms with E-state index >= 15 is 0 Å².